The summed E-state index contributed by atoms with van der Waals surface area (Å²) in [7, 11) is 0. The third-order valence-corrected chi connectivity index (χ3v) is 5.19. The number of rotatable bonds is 6. The molecule has 0 aliphatic carbocycles. The van der Waals surface area contributed by atoms with E-state index in [4.69, 9.17) is 10.5 Å². The number of hydrogen-bond donors (Lipinski definition) is 2. The highest BCUT2D eigenvalue weighted by atomic mass is 32.1. The number of nitrogens with two attached hydrogens (primary N) is 1. The van der Waals surface area contributed by atoms with Crippen molar-refractivity contribution in [1.29, 1.82) is 0 Å². The Morgan fingerprint density at radius 2 is 1.96 bits per heavy atom. The first-order valence-electron chi connectivity index (χ1n) is 8.67. The van der Waals surface area contributed by atoms with Gasteiger partial charge in [0, 0.05) is 6.54 Å². The third-order valence-electron chi connectivity index (χ3n) is 4.33. The van der Waals surface area contributed by atoms with Gasteiger partial charge in [-0.25, -0.2) is 4.79 Å². The van der Waals surface area contributed by atoms with Crippen LogP contribution in [0.15, 0.2) is 41.8 Å². The third kappa shape index (κ3) is 4.37. The lowest BCUT2D eigenvalue weighted by atomic mass is 10.1. The molecule has 2 heterocycles. The number of carbonyl (C=O) groups excluding carboxylic acids is 4. The highest BCUT2D eigenvalue weighted by molar-refractivity contribution is 7.12. The monoisotopic (exact) mass is 401 g/mol. The summed E-state index contributed by atoms with van der Waals surface area (Å²) in [6.07, 6.45) is 1.18. The van der Waals surface area contributed by atoms with Crippen LogP contribution in [-0.4, -0.2) is 47.8 Å². The van der Waals surface area contributed by atoms with E-state index in [0.717, 1.165) is 0 Å². The predicted octanol–water partition coefficient (Wildman–Crippen LogP) is 1.63. The Bertz CT molecular complexity index is 897. The van der Waals surface area contributed by atoms with Crippen LogP contribution in [0.25, 0.3) is 0 Å². The molecule has 0 saturated carbocycles. The maximum Gasteiger partial charge on any atom is 0.329 e. The van der Waals surface area contributed by atoms with Crippen LogP contribution in [0.3, 0.4) is 0 Å². The number of ether oxygens (including phenoxy) is 1. The Kier molecular flexibility index (Phi) is 6.05. The van der Waals surface area contributed by atoms with Crippen LogP contribution in [0.1, 0.15) is 32.9 Å². The van der Waals surface area contributed by atoms with E-state index in [1.165, 1.54) is 28.4 Å². The summed E-state index contributed by atoms with van der Waals surface area (Å²) in [5, 5.41) is 4.29. The van der Waals surface area contributed by atoms with Crippen LogP contribution in [0.4, 0.5) is 5.69 Å². The first-order chi connectivity index (χ1) is 13.5. The van der Waals surface area contributed by atoms with E-state index in [0.29, 0.717) is 24.3 Å². The van der Waals surface area contributed by atoms with Gasteiger partial charge in [0.2, 0.25) is 0 Å². The molecule has 3 amide bonds. The van der Waals surface area contributed by atoms with Crippen molar-refractivity contribution in [2.75, 3.05) is 18.5 Å². The number of para-hydroxylation sites is 1. The Morgan fingerprint density at radius 3 is 2.68 bits per heavy atom. The molecule has 0 spiro atoms. The smallest absolute Gasteiger partial charge is 0.329 e. The minimum Gasteiger partial charge on any atom is -0.454 e. The minimum absolute atomic E-state index is 0.158. The maximum atomic E-state index is 12.5. The van der Waals surface area contributed by atoms with Gasteiger partial charge >= 0.3 is 5.97 Å². The minimum atomic E-state index is -0.708. The van der Waals surface area contributed by atoms with Gasteiger partial charge in [-0.15, -0.1) is 11.3 Å². The Morgan fingerprint density at radius 1 is 1.18 bits per heavy atom. The number of thiophene rings is 1. The lowest BCUT2D eigenvalue weighted by molar-refractivity contribution is -0.151. The topological polar surface area (TPSA) is 119 Å². The molecule has 8 nitrogen and oxygen atoms in total. The number of likely N-dealkylation sites (tertiary alicyclic amines) is 1. The van der Waals surface area contributed by atoms with Gasteiger partial charge in [0.15, 0.2) is 6.61 Å². The molecule has 1 saturated heterocycles. The number of nitrogens with one attached hydrogen (secondary N) is 1. The van der Waals surface area contributed by atoms with Crippen molar-refractivity contribution in [1.82, 2.24) is 4.90 Å². The van der Waals surface area contributed by atoms with Crippen molar-refractivity contribution in [3.63, 3.8) is 0 Å². The van der Waals surface area contributed by atoms with Crippen LogP contribution >= 0.6 is 11.3 Å². The average molecular weight is 401 g/mol. The second kappa shape index (κ2) is 8.66. The molecule has 1 atom stereocenters. The van der Waals surface area contributed by atoms with Gasteiger partial charge in [0.25, 0.3) is 17.7 Å². The van der Waals surface area contributed by atoms with E-state index < -0.39 is 30.4 Å². The van der Waals surface area contributed by atoms with Gasteiger partial charge in [-0.1, -0.05) is 18.2 Å². The van der Waals surface area contributed by atoms with E-state index in [1.54, 1.807) is 29.6 Å². The first kappa shape index (κ1) is 19.6. The number of amides is 3. The molecule has 0 radical (unpaired) electrons. The molecule has 1 aromatic heterocycles. The number of nitrogens with zero attached hydrogens (tertiary/aromatic N) is 1. The SMILES string of the molecule is NC(=O)c1ccccc1NC(=O)COC(=O)[C@@H]1CCCN1C(=O)c1cccs1. The van der Waals surface area contributed by atoms with Crippen molar-refractivity contribution >= 4 is 40.7 Å². The number of benzene rings is 1. The standard InChI is InChI=1S/C19H19N3O5S/c20-17(24)12-5-1-2-6-13(12)21-16(23)11-27-19(26)14-7-3-9-22(14)18(25)15-8-4-10-28-15/h1-2,4-6,8,10,14H,3,7,9,11H2,(H2,20,24)(H,21,23)/t14-/m0/s1. The van der Waals surface area contributed by atoms with Crippen molar-refractivity contribution in [3.8, 4) is 0 Å². The second-order valence-electron chi connectivity index (χ2n) is 6.20. The zero-order chi connectivity index (χ0) is 20.1. The van der Waals surface area contributed by atoms with E-state index in [9.17, 15) is 19.2 Å². The van der Waals surface area contributed by atoms with Gasteiger partial charge < -0.3 is 20.7 Å². The molecular formula is C19H19N3O5S. The molecule has 0 bridgehead atoms. The van der Waals surface area contributed by atoms with Crippen molar-refractivity contribution in [2.45, 2.75) is 18.9 Å². The largest absolute Gasteiger partial charge is 0.454 e. The molecule has 146 valence electrons. The highest BCUT2D eigenvalue weighted by Crippen LogP contribution is 2.23. The van der Waals surface area contributed by atoms with Crippen molar-refractivity contribution in [3.05, 3.63) is 52.2 Å². The summed E-state index contributed by atoms with van der Waals surface area (Å²) in [4.78, 5) is 50.4. The summed E-state index contributed by atoms with van der Waals surface area (Å²) in [6, 6.07) is 9.04. The lowest BCUT2D eigenvalue weighted by Gasteiger charge is -2.22. The molecule has 2 aromatic rings. The second-order valence-corrected chi connectivity index (χ2v) is 7.15. The summed E-state index contributed by atoms with van der Waals surface area (Å²) in [6.45, 7) is -0.0574. The number of primary amides is 1. The summed E-state index contributed by atoms with van der Waals surface area (Å²) in [5.41, 5.74) is 5.67. The molecule has 28 heavy (non-hydrogen) atoms. The van der Waals surface area contributed by atoms with Crippen LogP contribution in [-0.2, 0) is 14.3 Å². The first-order valence-corrected chi connectivity index (χ1v) is 9.55. The molecular weight excluding hydrogens is 382 g/mol. The zero-order valence-electron chi connectivity index (χ0n) is 14.9. The fraction of sp³-hybridized carbons (Fsp3) is 0.263. The van der Waals surface area contributed by atoms with E-state index >= 15 is 0 Å². The highest BCUT2D eigenvalue weighted by Gasteiger charge is 2.36. The quantitative estimate of drug-likeness (QED) is 0.713. The van der Waals surface area contributed by atoms with E-state index in [2.05, 4.69) is 5.32 Å². The number of esters is 1. The zero-order valence-corrected chi connectivity index (χ0v) is 15.7. The molecule has 9 heteroatoms. The summed E-state index contributed by atoms with van der Waals surface area (Å²) in [5.74, 6) is -2.12. The van der Waals surface area contributed by atoms with Crippen LogP contribution in [0.2, 0.25) is 0 Å². The van der Waals surface area contributed by atoms with E-state index in [-0.39, 0.29) is 17.2 Å². The summed E-state index contributed by atoms with van der Waals surface area (Å²) >= 11 is 1.31. The van der Waals surface area contributed by atoms with Gasteiger partial charge in [0.1, 0.15) is 6.04 Å². The lowest BCUT2D eigenvalue weighted by Crippen LogP contribution is -2.41. The summed E-state index contributed by atoms with van der Waals surface area (Å²) < 4.78 is 5.10. The van der Waals surface area contributed by atoms with Gasteiger partial charge in [0.05, 0.1) is 16.1 Å². The molecule has 1 aromatic carbocycles. The van der Waals surface area contributed by atoms with Gasteiger partial charge in [-0.3, -0.25) is 14.4 Å². The molecule has 0 unspecified atom stereocenters. The average Bonchev–Trinajstić information content (AvgIpc) is 3.37. The van der Waals surface area contributed by atoms with E-state index in [1.807, 2.05) is 0 Å². The molecule has 3 N–H and O–H groups in total. The fourth-order valence-corrected chi connectivity index (χ4v) is 3.70. The van der Waals surface area contributed by atoms with Crippen LogP contribution in [0, 0.1) is 0 Å². The van der Waals surface area contributed by atoms with Crippen LogP contribution < -0.4 is 11.1 Å². The molecule has 1 aliphatic rings. The maximum absolute atomic E-state index is 12.5. The predicted molar refractivity (Wildman–Crippen MR) is 103 cm³/mol. The molecule has 1 fully saturated rings. The Labute approximate surface area is 165 Å². The van der Waals surface area contributed by atoms with Crippen molar-refractivity contribution in [2.24, 2.45) is 5.73 Å². The Balaban J connectivity index is 1.57. The number of hydrogen-bond acceptors (Lipinski definition) is 6. The molecule has 1 aliphatic heterocycles. The normalized spacial score (nSPS) is 15.9. The van der Waals surface area contributed by atoms with Crippen LogP contribution in [0.5, 0.6) is 0 Å². The fourth-order valence-electron chi connectivity index (χ4n) is 3.02. The Hall–Kier alpha value is -3.20. The number of carbonyl (C=O) groups is 4. The number of anilines is 1. The van der Waals surface area contributed by atoms with Crippen molar-refractivity contribution < 1.29 is 23.9 Å². The van der Waals surface area contributed by atoms with Gasteiger partial charge in [-0.05, 0) is 36.4 Å². The molecule has 3 rings (SSSR count). The van der Waals surface area contributed by atoms with Gasteiger partial charge in [-0.2, -0.15) is 0 Å².